The van der Waals surface area contributed by atoms with Crippen molar-refractivity contribution in [2.24, 2.45) is 4.99 Å². The molecule has 84 valence electrons. The van der Waals surface area contributed by atoms with E-state index in [-0.39, 0.29) is 0 Å². The van der Waals surface area contributed by atoms with Crippen LogP contribution >= 0.6 is 11.3 Å². The highest BCUT2D eigenvalue weighted by molar-refractivity contribution is 7.20. The quantitative estimate of drug-likeness (QED) is 0.576. The molecule has 0 saturated heterocycles. The van der Waals surface area contributed by atoms with Gasteiger partial charge in [-0.2, -0.15) is 0 Å². The first-order valence-electron chi connectivity index (χ1n) is 5.39. The second-order valence-corrected chi connectivity index (χ2v) is 4.94. The van der Waals surface area contributed by atoms with Crippen molar-refractivity contribution in [3.8, 4) is 0 Å². The fraction of sp³-hybridized carbons (Fsp3) is 0. The molecule has 0 saturated carbocycles. The van der Waals surface area contributed by atoms with Crippen molar-refractivity contribution in [1.82, 2.24) is 15.0 Å². The van der Waals surface area contributed by atoms with E-state index in [2.05, 4.69) is 25.7 Å². The van der Waals surface area contributed by atoms with Gasteiger partial charge in [-0.05, 0) is 12.1 Å². The Morgan fingerprint density at radius 2 is 2.22 bits per heavy atom. The van der Waals surface area contributed by atoms with Crippen LogP contribution in [0.25, 0.3) is 27.3 Å². The first-order valence-corrected chi connectivity index (χ1v) is 6.21. The van der Waals surface area contributed by atoms with Gasteiger partial charge in [0.1, 0.15) is 11.8 Å². The normalized spacial score (nSPS) is 13.1. The van der Waals surface area contributed by atoms with E-state index < -0.39 is 0 Å². The van der Waals surface area contributed by atoms with Crippen molar-refractivity contribution in [3.05, 3.63) is 41.0 Å². The highest BCUT2D eigenvalue weighted by Gasteiger charge is 2.12. The van der Waals surface area contributed by atoms with E-state index in [1.165, 1.54) is 0 Å². The maximum atomic E-state index is 4.63. The van der Waals surface area contributed by atoms with Gasteiger partial charge in [-0.25, -0.2) is 15.0 Å². The van der Waals surface area contributed by atoms with Gasteiger partial charge in [0.25, 0.3) is 0 Å². The number of rotatable bonds is 0. The van der Waals surface area contributed by atoms with Crippen LogP contribution in [0.3, 0.4) is 0 Å². The van der Waals surface area contributed by atoms with Crippen LogP contribution in [0, 0.1) is 0 Å². The van der Waals surface area contributed by atoms with Gasteiger partial charge >= 0.3 is 0 Å². The molecule has 3 aromatic heterocycles. The average molecular weight is 250 g/mol. The summed E-state index contributed by atoms with van der Waals surface area (Å²) in [5, 5.41) is 0. The van der Waals surface area contributed by atoms with E-state index in [1.807, 2.05) is 18.4 Å². The number of pyridine rings is 1. The van der Waals surface area contributed by atoms with Gasteiger partial charge < -0.3 is 0 Å². The molecule has 0 radical (unpaired) electrons. The molecule has 18 heavy (non-hydrogen) atoms. The smallest absolute Gasteiger partial charge is 0.116 e. The van der Waals surface area contributed by atoms with Crippen LogP contribution in [0.2, 0.25) is 0 Å². The van der Waals surface area contributed by atoms with Crippen molar-refractivity contribution < 1.29 is 0 Å². The van der Waals surface area contributed by atoms with Crippen LogP contribution < -0.4 is 0 Å². The average Bonchev–Trinajstić information content (AvgIpc) is 2.59. The fourth-order valence-electron chi connectivity index (χ4n) is 1.96. The maximum Gasteiger partial charge on any atom is 0.116 e. The molecule has 0 aromatic carbocycles. The zero-order valence-corrected chi connectivity index (χ0v) is 9.98. The third-order valence-electron chi connectivity index (χ3n) is 2.76. The Bertz CT molecular complexity index is 869. The Kier molecular flexibility index (Phi) is 1.91. The lowest BCUT2D eigenvalue weighted by Crippen LogP contribution is -1.87. The van der Waals surface area contributed by atoms with Gasteiger partial charge in [0.05, 0.1) is 28.1 Å². The summed E-state index contributed by atoms with van der Waals surface area (Å²) in [6.07, 6.45) is 8.69. The minimum atomic E-state index is 0.806. The highest BCUT2D eigenvalue weighted by atomic mass is 32.1. The van der Waals surface area contributed by atoms with Crippen molar-refractivity contribution in [3.63, 3.8) is 0 Å². The molecule has 0 aliphatic carbocycles. The summed E-state index contributed by atoms with van der Waals surface area (Å²) in [6.45, 7) is 0. The summed E-state index contributed by atoms with van der Waals surface area (Å²) in [6, 6.07) is 2.05. The number of aromatic nitrogens is 3. The number of fused-ring (bicyclic) bond motifs is 4. The zero-order valence-electron chi connectivity index (χ0n) is 9.16. The lowest BCUT2D eigenvalue weighted by Gasteiger charge is -1.96. The summed E-state index contributed by atoms with van der Waals surface area (Å²) in [7, 11) is 0. The van der Waals surface area contributed by atoms with E-state index in [4.69, 9.17) is 0 Å². The number of thiophene rings is 1. The predicted octanol–water partition coefficient (Wildman–Crippen LogP) is 2.80. The minimum Gasteiger partial charge on any atom is -0.256 e. The number of aliphatic imine (C=N–C) groups is 1. The molecule has 0 atom stereocenters. The molecule has 0 amide bonds. The van der Waals surface area contributed by atoms with Crippen molar-refractivity contribution in [1.29, 1.82) is 0 Å². The summed E-state index contributed by atoms with van der Waals surface area (Å²) in [5.74, 6) is 0. The van der Waals surface area contributed by atoms with Crippen LogP contribution in [-0.4, -0.2) is 21.2 Å². The van der Waals surface area contributed by atoms with Gasteiger partial charge in [-0.15, -0.1) is 11.3 Å². The standard InChI is InChI=1S/C13H6N4S/c1-2-11-8(5-14-3-1)13-12(18-11)4-9-10(17-13)6-15-7-16-9/h2-7H. The molecule has 5 heteroatoms. The van der Waals surface area contributed by atoms with Crippen LogP contribution in [0.4, 0.5) is 0 Å². The van der Waals surface area contributed by atoms with Crippen LogP contribution in [0.15, 0.2) is 35.5 Å². The lowest BCUT2D eigenvalue weighted by molar-refractivity contribution is 1.21. The second-order valence-electron chi connectivity index (χ2n) is 3.86. The summed E-state index contributed by atoms with van der Waals surface area (Å²) in [4.78, 5) is 18.1. The summed E-state index contributed by atoms with van der Waals surface area (Å²) < 4.78 is 1.11. The molecule has 3 aromatic rings. The van der Waals surface area contributed by atoms with E-state index in [1.54, 1.807) is 30.1 Å². The van der Waals surface area contributed by atoms with Gasteiger partial charge in [0.2, 0.25) is 0 Å². The molecular weight excluding hydrogens is 244 g/mol. The largest absolute Gasteiger partial charge is 0.256 e. The Balaban J connectivity index is 2.17. The van der Waals surface area contributed by atoms with E-state index in [0.29, 0.717) is 0 Å². The summed E-state index contributed by atoms with van der Waals surface area (Å²) >= 11 is 1.68. The predicted molar refractivity (Wildman–Crippen MR) is 72.9 cm³/mol. The van der Waals surface area contributed by atoms with Crippen LogP contribution in [0.1, 0.15) is 10.4 Å². The lowest BCUT2D eigenvalue weighted by atomic mass is 10.2. The SMILES string of the molecule is C1=CN=Cc2c(sc3cc4ncncc4nc23)C=1. The van der Waals surface area contributed by atoms with Gasteiger partial charge in [0, 0.05) is 16.7 Å². The summed E-state index contributed by atoms with van der Waals surface area (Å²) in [5.41, 5.74) is 6.68. The third-order valence-corrected chi connectivity index (χ3v) is 3.85. The molecule has 0 unspecified atom stereocenters. The van der Waals surface area contributed by atoms with E-state index in [9.17, 15) is 0 Å². The Labute approximate surface area is 106 Å². The Morgan fingerprint density at radius 3 is 3.22 bits per heavy atom. The molecule has 0 bridgehead atoms. The van der Waals surface area contributed by atoms with Gasteiger partial charge in [0.15, 0.2) is 0 Å². The molecule has 0 N–H and O–H groups in total. The maximum absolute atomic E-state index is 4.63. The highest BCUT2D eigenvalue weighted by Crippen LogP contribution is 2.32. The first kappa shape index (κ1) is 9.65. The molecule has 1 aliphatic heterocycles. The monoisotopic (exact) mass is 250 g/mol. The van der Waals surface area contributed by atoms with E-state index in [0.717, 1.165) is 31.7 Å². The minimum absolute atomic E-state index is 0.806. The molecule has 4 heterocycles. The fourth-order valence-corrected chi connectivity index (χ4v) is 3.00. The topological polar surface area (TPSA) is 51.0 Å². The van der Waals surface area contributed by atoms with E-state index >= 15 is 0 Å². The van der Waals surface area contributed by atoms with Crippen LogP contribution in [0.5, 0.6) is 0 Å². The van der Waals surface area contributed by atoms with Crippen LogP contribution in [-0.2, 0) is 0 Å². The Morgan fingerprint density at radius 1 is 1.22 bits per heavy atom. The van der Waals surface area contributed by atoms with Gasteiger partial charge in [-0.1, -0.05) is 5.73 Å². The molecular formula is C13H6N4S. The third kappa shape index (κ3) is 1.32. The Hall–Kier alpha value is -2.36. The number of hydrogen-bond donors (Lipinski definition) is 0. The molecule has 1 aliphatic rings. The molecule has 0 fully saturated rings. The van der Waals surface area contributed by atoms with Gasteiger partial charge in [-0.3, -0.25) is 4.99 Å². The molecule has 4 nitrogen and oxygen atoms in total. The molecule has 4 rings (SSSR count). The van der Waals surface area contributed by atoms with Crippen molar-refractivity contribution >= 4 is 44.9 Å². The van der Waals surface area contributed by atoms with Crippen molar-refractivity contribution in [2.75, 3.05) is 0 Å². The second kappa shape index (κ2) is 3.57. The number of nitrogens with zero attached hydrogens (tertiary/aromatic N) is 4. The van der Waals surface area contributed by atoms with Crippen molar-refractivity contribution in [2.45, 2.75) is 0 Å². The first-order chi connectivity index (χ1) is 8.92. The molecule has 0 spiro atoms. The zero-order chi connectivity index (χ0) is 11.9. The number of hydrogen-bond acceptors (Lipinski definition) is 5.